The molecule has 3 N–H and O–H groups in total. The topological polar surface area (TPSA) is 104 Å². The van der Waals surface area contributed by atoms with Crippen LogP contribution in [0.3, 0.4) is 0 Å². The summed E-state index contributed by atoms with van der Waals surface area (Å²) in [5.41, 5.74) is 0.595. The third kappa shape index (κ3) is 4.93. The number of rotatable bonds is 7. The maximum atomic E-state index is 11.9. The normalized spacial score (nSPS) is 10.3. The van der Waals surface area contributed by atoms with Crippen molar-refractivity contribution in [3.63, 3.8) is 0 Å². The zero-order valence-corrected chi connectivity index (χ0v) is 12.9. The van der Waals surface area contributed by atoms with Crippen molar-refractivity contribution in [1.29, 1.82) is 0 Å². The smallest absolute Gasteiger partial charge is 0.307 e. The van der Waals surface area contributed by atoms with Crippen LogP contribution in [-0.4, -0.2) is 27.9 Å². The number of hydrogen-bond acceptors (Lipinski definition) is 5. The average molecular weight is 333 g/mol. The van der Waals surface area contributed by atoms with E-state index in [4.69, 9.17) is 5.11 Å². The van der Waals surface area contributed by atoms with Crippen LogP contribution in [0.5, 0.6) is 5.75 Å². The molecule has 0 unspecified atom stereocenters. The van der Waals surface area contributed by atoms with Crippen LogP contribution in [0.1, 0.15) is 28.1 Å². The summed E-state index contributed by atoms with van der Waals surface area (Å²) in [6.45, 7) is 0. The van der Waals surface area contributed by atoms with E-state index in [1.54, 1.807) is 17.5 Å². The van der Waals surface area contributed by atoms with E-state index in [2.05, 4.69) is 5.32 Å². The van der Waals surface area contributed by atoms with Crippen molar-refractivity contribution >= 4 is 34.7 Å². The van der Waals surface area contributed by atoms with Gasteiger partial charge in [-0.2, -0.15) is 0 Å². The first-order chi connectivity index (χ1) is 11.0. The monoisotopic (exact) mass is 333 g/mol. The molecule has 0 spiro atoms. The zero-order chi connectivity index (χ0) is 16.8. The molecule has 2 rings (SSSR count). The molecule has 0 saturated carbocycles. The predicted molar refractivity (Wildman–Crippen MR) is 86.0 cm³/mol. The van der Waals surface area contributed by atoms with Gasteiger partial charge in [0.1, 0.15) is 5.75 Å². The first kappa shape index (κ1) is 16.7. The van der Waals surface area contributed by atoms with Crippen LogP contribution in [0.25, 0.3) is 0 Å². The number of aromatic hydroxyl groups is 1. The molecule has 1 amide bonds. The van der Waals surface area contributed by atoms with Gasteiger partial charge in [0.15, 0.2) is 5.78 Å². The summed E-state index contributed by atoms with van der Waals surface area (Å²) in [6.07, 6.45) is -0.152. The Morgan fingerprint density at radius 3 is 2.57 bits per heavy atom. The molecule has 7 heteroatoms. The Hall–Kier alpha value is -2.67. The molecule has 2 aromatic rings. The fourth-order valence-corrected chi connectivity index (χ4v) is 2.66. The number of thiophene rings is 1. The van der Waals surface area contributed by atoms with Crippen molar-refractivity contribution in [2.24, 2.45) is 0 Å². The van der Waals surface area contributed by atoms with Gasteiger partial charge in [0.25, 0.3) is 0 Å². The van der Waals surface area contributed by atoms with Crippen molar-refractivity contribution in [2.75, 3.05) is 5.32 Å². The minimum Gasteiger partial charge on any atom is -0.506 e. The van der Waals surface area contributed by atoms with Crippen LogP contribution in [0.4, 0.5) is 5.69 Å². The highest BCUT2D eigenvalue weighted by Gasteiger charge is 2.12. The highest BCUT2D eigenvalue weighted by atomic mass is 32.1. The van der Waals surface area contributed by atoms with E-state index < -0.39 is 11.9 Å². The minimum atomic E-state index is -1.01. The molecule has 0 aliphatic heterocycles. The van der Waals surface area contributed by atoms with E-state index in [0.717, 1.165) is 0 Å². The molecular formula is C16H15NO5S. The van der Waals surface area contributed by atoms with Crippen molar-refractivity contribution in [3.8, 4) is 5.75 Å². The Labute approximate surface area is 136 Å². The maximum Gasteiger partial charge on any atom is 0.307 e. The highest BCUT2D eigenvalue weighted by Crippen LogP contribution is 2.25. The Kier molecular flexibility index (Phi) is 5.48. The van der Waals surface area contributed by atoms with Crippen molar-refractivity contribution in [1.82, 2.24) is 0 Å². The van der Waals surface area contributed by atoms with Crippen LogP contribution in [0.2, 0.25) is 0 Å². The summed E-state index contributed by atoms with van der Waals surface area (Å²) in [7, 11) is 0. The number of amides is 1. The van der Waals surface area contributed by atoms with Gasteiger partial charge in [0.2, 0.25) is 5.91 Å². The van der Waals surface area contributed by atoms with Crippen LogP contribution in [0, 0.1) is 0 Å². The third-order valence-electron chi connectivity index (χ3n) is 3.07. The van der Waals surface area contributed by atoms with E-state index in [-0.39, 0.29) is 36.5 Å². The Bertz CT molecular complexity index is 724. The van der Waals surface area contributed by atoms with E-state index in [0.29, 0.717) is 10.4 Å². The number of carboxylic acids is 1. The van der Waals surface area contributed by atoms with Crippen molar-refractivity contribution in [3.05, 3.63) is 46.2 Å². The number of carboxylic acid groups (broad SMARTS) is 1. The number of Topliss-reactive ketones (excluding diaryl/α,β-unsaturated/α-hetero) is 1. The predicted octanol–water partition coefficient (Wildman–Crippen LogP) is 2.68. The first-order valence-electron chi connectivity index (χ1n) is 6.86. The second-order valence-electron chi connectivity index (χ2n) is 4.87. The number of carbonyl (C=O) groups excluding carboxylic acids is 2. The SMILES string of the molecule is O=C(O)Cc1ccc(O)c(NC(=O)CCC(=O)c2cccs2)c1. The van der Waals surface area contributed by atoms with Gasteiger partial charge in [0.05, 0.1) is 17.0 Å². The Morgan fingerprint density at radius 2 is 1.91 bits per heavy atom. The summed E-state index contributed by atoms with van der Waals surface area (Å²) in [4.78, 5) is 35.0. The van der Waals surface area contributed by atoms with Gasteiger partial charge in [-0.3, -0.25) is 14.4 Å². The van der Waals surface area contributed by atoms with Gasteiger partial charge in [0, 0.05) is 12.8 Å². The standard InChI is InChI=1S/C16H15NO5S/c18-12-4-3-10(9-16(21)22)8-11(12)17-15(20)6-5-13(19)14-2-1-7-23-14/h1-4,7-8,18H,5-6,9H2,(H,17,20)(H,21,22). The van der Waals surface area contributed by atoms with E-state index in [9.17, 15) is 19.5 Å². The molecule has 6 nitrogen and oxygen atoms in total. The van der Waals surface area contributed by atoms with Crippen molar-refractivity contribution < 1.29 is 24.6 Å². The summed E-state index contributed by atoms with van der Waals surface area (Å²) in [5, 5.41) is 22.8. The number of benzene rings is 1. The molecule has 0 saturated heterocycles. The lowest BCUT2D eigenvalue weighted by molar-refractivity contribution is -0.136. The number of anilines is 1. The second-order valence-corrected chi connectivity index (χ2v) is 5.82. The summed E-state index contributed by atoms with van der Waals surface area (Å²) < 4.78 is 0. The summed E-state index contributed by atoms with van der Waals surface area (Å²) >= 11 is 1.32. The number of aliphatic carboxylic acids is 1. The third-order valence-corrected chi connectivity index (χ3v) is 3.98. The fraction of sp³-hybridized carbons (Fsp3) is 0.188. The van der Waals surface area contributed by atoms with E-state index in [1.165, 1.54) is 29.5 Å². The molecule has 1 heterocycles. The minimum absolute atomic E-state index is 0.0146. The lowest BCUT2D eigenvalue weighted by atomic mass is 10.1. The van der Waals surface area contributed by atoms with Crippen LogP contribution in [0.15, 0.2) is 35.7 Å². The van der Waals surface area contributed by atoms with Crippen LogP contribution in [-0.2, 0) is 16.0 Å². The molecule has 0 aliphatic carbocycles. The molecule has 1 aromatic heterocycles. The number of hydrogen-bond donors (Lipinski definition) is 3. The van der Waals surface area contributed by atoms with E-state index >= 15 is 0 Å². The van der Waals surface area contributed by atoms with E-state index in [1.807, 2.05) is 0 Å². The van der Waals surface area contributed by atoms with Gasteiger partial charge in [-0.1, -0.05) is 12.1 Å². The molecule has 0 bridgehead atoms. The number of phenolic OH excluding ortho intramolecular Hbond substituents is 1. The first-order valence-corrected chi connectivity index (χ1v) is 7.74. The Morgan fingerprint density at radius 1 is 1.13 bits per heavy atom. The van der Waals surface area contributed by atoms with Crippen LogP contribution < -0.4 is 5.32 Å². The summed E-state index contributed by atoms with van der Waals surface area (Å²) in [6, 6.07) is 7.67. The van der Waals surface area contributed by atoms with Gasteiger partial charge in [-0.15, -0.1) is 11.3 Å². The number of phenols is 1. The second kappa shape index (κ2) is 7.55. The molecular weight excluding hydrogens is 318 g/mol. The number of nitrogens with one attached hydrogen (secondary N) is 1. The number of ketones is 1. The van der Waals surface area contributed by atoms with Crippen molar-refractivity contribution in [2.45, 2.75) is 19.3 Å². The fourth-order valence-electron chi connectivity index (χ4n) is 1.97. The quantitative estimate of drug-likeness (QED) is 0.534. The average Bonchev–Trinajstić information content (AvgIpc) is 3.02. The lowest BCUT2D eigenvalue weighted by Crippen LogP contribution is -2.13. The van der Waals surface area contributed by atoms with Crippen LogP contribution >= 0.6 is 11.3 Å². The molecule has 23 heavy (non-hydrogen) atoms. The molecule has 0 fully saturated rings. The summed E-state index contributed by atoms with van der Waals surface area (Å²) in [5.74, 6) is -1.69. The van der Waals surface area contributed by atoms with Gasteiger partial charge in [-0.05, 0) is 29.1 Å². The molecule has 0 aliphatic rings. The molecule has 0 radical (unpaired) electrons. The zero-order valence-electron chi connectivity index (χ0n) is 12.1. The highest BCUT2D eigenvalue weighted by molar-refractivity contribution is 7.12. The Balaban J connectivity index is 1.94. The lowest BCUT2D eigenvalue weighted by Gasteiger charge is -2.08. The van der Waals surface area contributed by atoms with Gasteiger partial charge in [-0.25, -0.2) is 0 Å². The van der Waals surface area contributed by atoms with Gasteiger partial charge < -0.3 is 15.5 Å². The number of carbonyl (C=O) groups is 3. The molecule has 1 aromatic carbocycles. The molecule has 0 atom stereocenters. The maximum absolute atomic E-state index is 11.9. The largest absolute Gasteiger partial charge is 0.506 e. The molecule has 120 valence electrons. The van der Waals surface area contributed by atoms with Gasteiger partial charge >= 0.3 is 5.97 Å².